The normalized spacial score (nSPS) is 43.5. The van der Waals surface area contributed by atoms with Crippen molar-refractivity contribution in [2.45, 2.75) is 56.2 Å². The van der Waals surface area contributed by atoms with Gasteiger partial charge in [-0.2, -0.15) is 0 Å². The molecule has 1 amide bonds. The predicted molar refractivity (Wildman–Crippen MR) is 56.5 cm³/mol. The number of carbonyl (C=O) groups is 1. The largest absolute Gasteiger partial charge is 0.444 e. The standard InChI is InChI=1S/C12H17NO2/c1-2-9-5-3-7-12-8-4-6-10(12)15-11(14)13(9)12/h2,9-10H,1,3-8H2/t9-,10+,12-/m1/s1. The lowest BCUT2D eigenvalue weighted by Crippen LogP contribution is -2.55. The molecule has 0 radical (unpaired) electrons. The Balaban J connectivity index is 2.00. The molecule has 3 fully saturated rings. The van der Waals surface area contributed by atoms with Crippen LogP contribution in [0.25, 0.3) is 0 Å². The number of hydrogen-bond acceptors (Lipinski definition) is 2. The van der Waals surface area contributed by atoms with Crippen molar-refractivity contribution in [1.82, 2.24) is 4.90 Å². The molecule has 2 saturated heterocycles. The van der Waals surface area contributed by atoms with Crippen LogP contribution in [0.2, 0.25) is 0 Å². The highest BCUT2D eigenvalue weighted by molar-refractivity contribution is 5.73. The molecule has 2 aliphatic heterocycles. The smallest absolute Gasteiger partial charge is 0.411 e. The molecule has 1 spiro atoms. The van der Waals surface area contributed by atoms with Crippen LogP contribution in [0.15, 0.2) is 12.7 Å². The summed E-state index contributed by atoms with van der Waals surface area (Å²) in [5, 5.41) is 0. The van der Waals surface area contributed by atoms with Crippen molar-refractivity contribution in [1.29, 1.82) is 0 Å². The van der Waals surface area contributed by atoms with E-state index in [4.69, 9.17) is 4.74 Å². The molecular formula is C12H17NO2. The monoisotopic (exact) mass is 207 g/mol. The van der Waals surface area contributed by atoms with Gasteiger partial charge in [0.05, 0.1) is 11.6 Å². The summed E-state index contributed by atoms with van der Waals surface area (Å²) in [5.74, 6) is 0. The zero-order valence-electron chi connectivity index (χ0n) is 8.95. The number of ether oxygens (including phenoxy) is 1. The zero-order valence-corrected chi connectivity index (χ0v) is 8.95. The first-order valence-electron chi connectivity index (χ1n) is 5.90. The number of hydrogen-bond donors (Lipinski definition) is 0. The van der Waals surface area contributed by atoms with Gasteiger partial charge in [0.25, 0.3) is 0 Å². The molecular weight excluding hydrogens is 190 g/mol. The Labute approximate surface area is 90.1 Å². The molecule has 0 N–H and O–H groups in total. The number of carbonyl (C=O) groups excluding carboxylic acids is 1. The summed E-state index contributed by atoms with van der Waals surface area (Å²) in [6, 6.07) is 0.203. The molecule has 3 aliphatic rings. The van der Waals surface area contributed by atoms with E-state index in [-0.39, 0.29) is 23.8 Å². The molecule has 15 heavy (non-hydrogen) atoms. The maximum atomic E-state index is 11.8. The Hall–Kier alpha value is -0.990. The zero-order chi connectivity index (χ0) is 10.5. The molecule has 0 aromatic carbocycles. The lowest BCUT2D eigenvalue weighted by atomic mass is 9.81. The van der Waals surface area contributed by atoms with Crippen molar-refractivity contribution in [3.8, 4) is 0 Å². The second kappa shape index (κ2) is 3.00. The first-order chi connectivity index (χ1) is 7.28. The Morgan fingerprint density at radius 1 is 1.40 bits per heavy atom. The van der Waals surface area contributed by atoms with Crippen LogP contribution in [0.4, 0.5) is 4.79 Å². The van der Waals surface area contributed by atoms with Gasteiger partial charge in [-0.3, -0.25) is 4.90 Å². The fourth-order valence-electron chi connectivity index (χ4n) is 3.67. The van der Waals surface area contributed by atoms with E-state index in [1.165, 1.54) is 12.8 Å². The summed E-state index contributed by atoms with van der Waals surface area (Å²) in [5.41, 5.74) is 0.0359. The van der Waals surface area contributed by atoms with Crippen molar-refractivity contribution in [2.24, 2.45) is 0 Å². The molecule has 3 heteroatoms. The average Bonchev–Trinajstić information content (AvgIpc) is 2.72. The minimum Gasteiger partial charge on any atom is -0.444 e. The molecule has 1 saturated carbocycles. The van der Waals surface area contributed by atoms with E-state index in [1.54, 1.807) is 0 Å². The van der Waals surface area contributed by atoms with Crippen LogP contribution in [0, 0.1) is 0 Å². The van der Waals surface area contributed by atoms with Gasteiger partial charge in [-0.15, -0.1) is 6.58 Å². The molecule has 0 aromatic heterocycles. The number of amides is 1. The molecule has 2 heterocycles. The van der Waals surface area contributed by atoms with Crippen LogP contribution in [0.3, 0.4) is 0 Å². The highest BCUT2D eigenvalue weighted by Gasteiger charge is 2.59. The first-order valence-corrected chi connectivity index (χ1v) is 5.90. The van der Waals surface area contributed by atoms with Crippen molar-refractivity contribution in [3.05, 3.63) is 12.7 Å². The van der Waals surface area contributed by atoms with Gasteiger partial charge in [-0.25, -0.2) is 4.79 Å². The van der Waals surface area contributed by atoms with Gasteiger partial charge < -0.3 is 4.74 Å². The first kappa shape index (κ1) is 9.25. The van der Waals surface area contributed by atoms with E-state index in [0.29, 0.717) is 0 Å². The second-order valence-electron chi connectivity index (χ2n) is 4.93. The van der Waals surface area contributed by atoms with Crippen molar-refractivity contribution in [2.75, 3.05) is 0 Å². The Morgan fingerprint density at radius 2 is 2.13 bits per heavy atom. The van der Waals surface area contributed by atoms with Gasteiger partial charge in [0.1, 0.15) is 6.10 Å². The molecule has 0 unspecified atom stereocenters. The van der Waals surface area contributed by atoms with E-state index in [0.717, 1.165) is 25.7 Å². The lowest BCUT2D eigenvalue weighted by molar-refractivity contribution is 0.0731. The summed E-state index contributed by atoms with van der Waals surface area (Å²) in [6.07, 6.45) is 8.68. The van der Waals surface area contributed by atoms with Crippen LogP contribution >= 0.6 is 0 Å². The Bertz CT molecular complexity index is 315. The maximum Gasteiger partial charge on any atom is 0.411 e. The van der Waals surface area contributed by atoms with Gasteiger partial charge in [0.2, 0.25) is 0 Å². The maximum absolute atomic E-state index is 11.8. The predicted octanol–water partition coefficient (Wildman–Crippen LogP) is 2.47. The SMILES string of the molecule is C=C[C@@H]1CCC[C@@]23CCC[C@@H]2OC(=O)N13. The summed E-state index contributed by atoms with van der Waals surface area (Å²) < 4.78 is 5.49. The minimum atomic E-state index is -0.107. The van der Waals surface area contributed by atoms with E-state index >= 15 is 0 Å². The molecule has 0 aromatic rings. The van der Waals surface area contributed by atoms with Crippen LogP contribution in [-0.4, -0.2) is 28.7 Å². The third-order valence-corrected chi connectivity index (χ3v) is 4.31. The number of piperidine rings is 1. The minimum absolute atomic E-state index is 0.0359. The van der Waals surface area contributed by atoms with E-state index < -0.39 is 0 Å². The average molecular weight is 207 g/mol. The van der Waals surface area contributed by atoms with Crippen molar-refractivity contribution in [3.63, 3.8) is 0 Å². The highest BCUT2D eigenvalue weighted by atomic mass is 16.6. The molecule has 3 atom stereocenters. The lowest BCUT2D eigenvalue weighted by Gasteiger charge is -2.43. The van der Waals surface area contributed by atoms with E-state index in [9.17, 15) is 4.79 Å². The fourth-order valence-corrected chi connectivity index (χ4v) is 3.67. The van der Waals surface area contributed by atoms with Crippen LogP contribution < -0.4 is 0 Å². The number of nitrogens with zero attached hydrogens (tertiary/aromatic N) is 1. The highest BCUT2D eigenvalue weighted by Crippen LogP contribution is 2.50. The third kappa shape index (κ3) is 1.04. The summed E-state index contributed by atoms with van der Waals surface area (Å²) >= 11 is 0. The molecule has 0 bridgehead atoms. The summed E-state index contributed by atoms with van der Waals surface area (Å²) in [4.78, 5) is 13.8. The van der Waals surface area contributed by atoms with Gasteiger partial charge in [0.15, 0.2) is 0 Å². The van der Waals surface area contributed by atoms with E-state index in [2.05, 4.69) is 6.58 Å². The molecule has 1 aliphatic carbocycles. The van der Waals surface area contributed by atoms with Crippen LogP contribution in [-0.2, 0) is 4.74 Å². The van der Waals surface area contributed by atoms with Crippen molar-refractivity contribution >= 4 is 6.09 Å². The molecule has 3 rings (SSSR count). The quantitative estimate of drug-likeness (QED) is 0.618. The van der Waals surface area contributed by atoms with Gasteiger partial charge in [-0.05, 0) is 38.5 Å². The molecule has 82 valence electrons. The summed E-state index contributed by atoms with van der Waals surface area (Å²) in [6.45, 7) is 3.84. The topological polar surface area (TPSA) is 29.5 Å². The van der Waals surface area contributed by atoms with Crippen LogP contribution in [0.5, 0.6) is 0 Å². The van der Waals surface area contributed by atoms with Gasteiger partial charge in [0, 0.05) is 0 Å². The van der Waals surface area contributed by atoms with Gasteiger partial charge in [-0.1, -0.05) is 6.08 Å². The fraction of sp³-hybridized carbons (Fsp3) is 0.750. The van der Waals surface area contributed by atoms with Crippen molar-refractivity contribution < 1.29 is 9.53 Å². The van der Waals surface area contributed by atoms with E-state index in [1.807, 2.05) is 11.0 Å². The van der Waals surface area contributed by atoms with Gasteiger partial charge >= 0.3 is 6.09 Å². The second-order valence-corrected chi connectivity index (χ2v) is 4.93. The third-order valence-electron chi connectivity index (χ3n) is 4.31. The summed E-state index contributed by atoms with van der Waals surface area (Å²) in [7, 11) is 0. The Kier molecular flexibility index (Phi) is 1.85. The van der Waals surface area contributed by atoms with Crippen LogP contribution in [0.1, 0.15) is 38.5 Å². The Morgan fingerprint density at radius 3 is 2.87 bits per heavy atom. The number of rotatable bonds is 1. The molecule has 3 nitrogen and oxygen atoms in total.